The first-order chi connectivity index (χ1) is 9.61. The normalized spacial score (nSPS) is 10.7. The van der Waals surface area contributed by atoms with E-state index >= 15 is 0 Å². The monoisotopic (exact) mass is 279 g/mol. The number of rotatable bonds is 6. The lowest BCUT2D eigenvalue weighted by molar-refractivity contribution is -0.387. The van der Waals surface area contributed by atoms with Crippen LogP contribution in [-0.4, -0.2) is 26.5 Å². The Morgan fingerprint density at radius 1 is 1.40 bits per heavy atom. The van der Waals surface area contributed by atoms with Crippen molar-refractivity contribution >= 4 is 5.69 Å². The molecule has 2 N–H and O–H groups in total. The van der Waals surface area contributed by atoms with Crippen LogP contribution in [0.5, 0.6) is 0 Å². The summed E-state index contributed by atoms with van der Waals surface area (Å²) in [5.74, 6) is -0.896. The maximum atomic E-state index is 13.5. The largest absolute Gasteiger partial charge is 0.330 e. The number of nitrogens with zero attached hydrogens (tertiary/aromatic N) is 4. The van der Waals surface area contributed by atoms with Crippen molar-refractivity contribution in [2.45, 2.75) is 19.3 Å². The summed E-state index contributed by atoms with van der Waals surface area (Å²) in [6.45, 7) is 0.627. The van der Waals surface area contributed by atoms with E-state index in [0.717, 1.165) is 37.1 Å². The zero-order chi connectivity index (χ0) is 14.5. The number of benzene rings is 1. The van der Waals surface area contributed by atoms with Gasteiger partial charge >= 0.3 is 5.69 Å². The van der Waals surface area contributed by atoms with Gasteiger partial charge in [0.25, 0.3) is 0 Å². The zero-order valence-electron chi connectivity index (χ0n) is 10.7. The van der Waals surface area contributed by atoms with Crippen molar-refractivity contribution in [1.82, 2.24) is 15.0 Å². The summed E-state index contributed by atoms with van der Waals surface area (Å²) >= 11 is 0. The molecule has 20 heavy (non-hydrogen) atoms. The van der Waals surface area contributed by atoms with E-state index in [1.807, 2.05) is 0 Å². The molecule has 1 aromatic carbocycles. The number of unbranched alkanes of at least 4 members (excludes halogenated alkanes) is 1. The number of halogens is 1. The molecule has 0 aliphatic carbocycles. The first-order valence-corrected chi connectivity index (χ1v) is 6.17. The summed E-state index contributed by atoms with van der Waals surface area (Å²) in [5, 5.41) is 18.4. The Morgan fingerprint density at radius 2 is 2.20 bits per heavy atom. The van der Waals surface area contributed by atoms with Crippen LogP contribution in [-0.2, 0) is 6.42 Å². The second kappa shape index (κ2) is 6.20. The first kappa shape index (κ1) is 14.1. The van der Waals surface area contributed by atoms with Gasteiger partial charge in [-0.15, -0.1) is 5.10 Å². The van der Waals surface area contributed by atoms with Crippen LogP contribution in [0.2, 0.25) is 0 Å². The highest BCUT2D eigenvalue weighted by molar-refractivity contribution is 5.41. The summed E-state index contributed by atoms with van der Waals surface area (Å²) in [6.07, 6.45) is 4.23. The van der Waals surface area contributed by atoms with Gasteiger partial charge in [0.2, 0.25) is 5.82 Å². The molecule has 0 aliphatic rings. The Kier molecular flexibility index (Phi) is 4.36. The third-order valence-electron chi connectivity index (χ3n) is 2.82. The number of hydrogen-bond acceptors (Lipinski definition) is 5. The van der Waals surface area contributed by atoms with Gasteiger partial charge < -0.3 is 5.73 Å². The first-order valence-electron chi connectivity index (χ1n) is 6.17. The number of nitro groups is 1. The van der Waals surface area contributed by atoms with Crippen molar-refractivity contribution in [3.05, 3.63) is 46.0 Å². The molecule has 0 radical (unpaired) electrons. The maximum Gasteiger partial charge on any atom is 0.304 e. The lowest BCUT2D eigenvalue weighted by Gasteiger charge is -2.00. The van der Waals surface area contributed by atoms with Gasteiger partial charge in [-0.1, -0.05) is 5.21 Å². The number of nitro benzene ring substituents is 1. The second-order valence-corrected chi connectivity index (χ2v) is 4.29. The van der Waals surface area contributed by atoms with Crippen molar-refractivity contribution in [3.8, 4) is 5.69 Å². The van der Waals surface area contributed by atoms with Crippen LogP contribution in [0.3, 0.4) is 0 Å². The Balaban J connectivity index is 2.15. The Bertz CT molecular complexity index is 614. The molecule has 0 saturated heterocycles. The number of nitrogens with two attached hydrogens (primary N) is 1. The molecule has 2 aromatic rings. The van der Waals surface area contributed by atoms with Crippen LogP contribution in [0.15, 0.2) is 24.4 Å². The fraction of sp³-hybridized carbons (Fsp3) is 0.333. The fourth-order valence-corrected chi connectivity index (χ4v) is 1.78. The van der Waals surface area contributed by atoms with Crippen LogP contribution in [0, 0.1) is 15.9 Å². The molecule has 106 valence electrons. The molecule has 7 nitrogen and oxygen atoms in total. The van der Waals surface area contributed by atoms with Gasteiger partial charge in [0.15, 0.2) is 0 Å². The van der Waals surface area contributed by atoms with E-state index in [1.54, 1.807) is 6.20 Å². The molecule has 0 spiro atoms. The van der Waals surface area contributed by atoms with Crippen LogP contribution in [0.4, 0.5) is 10.1 Å². The minimum Gasteiger partial charge on any atom is -0.330 e. The molecule has 0 bridgehead atoms. The van der Waals surface area contributed by atoms with E-state index in [-0.39, 0.29) is 0 Å². The van der Waals surface area contributed by atoms with Crippen molar-refractivity contribution in [3.63, 3.8) is 0 Å². The minimum absolute atomic E-state index is 0.394. The third-order valence-corrected chi connectivity index (χ3v) is 2.82. The summed E-state index contributed by atoms with van der Waals surface area (Å²) in [6, 6.07) is 3.61. The molecule has 0 amide bonds. The van der Waals surface area contributed by atoms with E-state index in [2.05, 4.69) is 10.3 Å². The Labute approximate surface area is 114 Å². The van der Waals surface area contributed by atoms with Crippen molar-refractivity contribution in [1.29, 1.82) is 0 Å². The molecule has 0 fully saturated rings. The zero-order valence-corrected chi connectivity index (χ0v) is 10.7. The van der Waals surface area contributed by atoms with Gasteiger partial charge in [-0.3, -0.25) is 10.1 Å². The van der Waals surface area contributed by atoms with E-state index in [1.165, 1.54) is 10.7 Å². The summed E-state index contributed by atoms with van der Waals surface area (Å²) in [5.41, 5.74) is 6.02. The number of aromatic nitrogens is 3. The van der Waals surface area contributed by atoms with E-state index in [4.69, 9.17) is 5.73 Å². The van der Waals surface area contributed by atoms with E-state index in [9.17, 15) is 14.5 Å². The summed E-state index contributed by atoms with van der Waals surface area (Å²) in [7, 11) is 0. The van der Waals surface area contributed by atoms with Crippen molar-refractivity contribution in [2.75, 3.05) is 6.54 Å². The molecule has 1 heterocycles. The van der Waals surface area contributed by atoms with Gasteiger partial charge in [0, 0.05) is 12.1 Å². The smallest absolute Gasteiger partial charge is 0.304 e. The molecular weight excluding hydrogens is 265 g/mol. The quantitative estimate of drug-likeness (QED) is 0.491. The predicted octanol–water partition coefficient (Wildman–Crippen LogP) is 1.60. The fourth-order valence-electron chi connectivity index (χ4n) is 1.78. The van der Waals surface area contributed by atoms with Gasteiger partial charge in [0.05, 0.1) is 22.5 Å². The molecule has 0 aliphatic heterocycles. The van der Waals surface area contributed by atoms with Crippen LogP contribution >= 0.6 is 0 Å². The third kappa shape index (κ3) is 3.15. The lowest BCUT2D eigenvalue weighted by atomic mass is 10.2. The molecule has 0 atom stereocenters. The maximum absolute atomic E-state index is 13.5. The average Bonchev–Trinajstić information content (AvgIpc) is 2.87. The molecule has 2 rings (SSSR count). The molecule has 1 aromatic heterocycles. The lowest BCUT2D eigenvalue weighted by Crippen LogP contribution is -1.99. The van der Waals surface area contributed by atoms with Crippen molar-refractivity contribution < 1.29 is 9.31 Å². The predicted molar refractivity (Wildman–Crippen MR) is 70.0 cm³/mol. The van der Waals surface area contributed by atoms with Gasteiger partial charge in [-0.2, -0.15) is 4.39 Å². The topological polar surface area (TPSA) is 99.9 Å². The minimum atomic E-state index is -0.896. The van der Waals surface area contributed by atoms with Crippen LogP contribution < -0.4 is 5.73 Å². The van der Waals surface area contributed by atoms with Crippen LogP contribution in [0.25, 0.3) is 5.69 Å². The van der Waals surface area contributed by atoms with Gasteiger partial charge in [-0.25, -0.2) is 4.68 Å². The van der Waals surface area contributed by atoms with Gasteiger partial charge in [0.1, 0.15) is 0 Å². The average molecular weight is 279 g/mol. The highest BCUT2D eigenvalue weighted by Crippen LogP contribution is 2.20. The molecule has 0 saturated carbocycles. The standard InChI is InChI=1S/C12H14FN5O2/c13-11-7-10(4-5-12(11)18(19)20)17-8-9(15-16-17)3-1-2-6-14/h4-5,7-8H,1-3,6,14H2. The summed E-state index contributed by atoms with van der Waals surface area (Å²) < 4.78 is 14.9. The second-order valence-electron chi connectivity index (χ2n) is 4.29. The SMILES string of the molecule is NCCCCc1cn(-c2ccc([N+](=O)[O-])c(F)c2)nn1. The summed E-state index contributed by atoms with van der Waals surface area (Å²) in [4.78, 5) is 9.78. The number of aryl methyl sites for hydroxylation is 1. The Hall–Kier alpha value is -2.35. The molecule has 8 heteroatoms. The highest BCUT2D eigenvalue weighted by Gasteiger charge is 2.15. The Morgan fingerprint density at radius 3 is 2.85 bits per heavy atom. The van der Waals surface area contributed by atoms with E-state index < -0.39 is 16.4 Å². The highest BCUT2D eigenvalue weighted by atomic mass is 19.1. The van der Waals surface area contributed by atoms with E-state index in [0.29, 0.717) is 12.2 Å². The molecular formula is C12H14FN5O2. The number of hydrogen-bond donors (Lipinski definition) is 1. The van der Waals surface area contributed by atoms with Crippen molar-refractivity contribution in [2.24, 2.45) is 5.73 Å². The van der Waals surface area contributed by atoms with Crippen LogP contribution in [0.1, 0.15) is 18.5 Å². The molecule has 0 unspecified atom stereocenters. The van der Waals surface area contributed by atoms with Gasteiger partial charge in [-0.05, 0) is 31.9 Å².